The van der Waals surface area contributed by atoms with E-state index < -0.39 is 6.04 Å². The van der Waals surface area contributed by atoms with Crippen molar-refractivity contribution in [3.63, 3.8) is 0 Å². The van der Waals surface area contributed by atoms with E-state index in [1.807, 2.05) is 45.0 Å². The van der Waals surface area contributed by atoms with Crippen LogP contribution in [0.25, 0.3) is 0 Å². The molecule has 2 aromatic carbocycles. The maximum Gasteiger partial charge on any atom is 0.242 e. The van der Waals surface area contributed by atoms with Gasteiger partial charge in [-0.1, -0.05) is 53.0 Å². The van der Waals surface area contributed by atoms with Crippen LogP contribution >= 0.6 is 23.2 Å². The van der Waals surface area contributed by atoms with Gasteiger partial charge in [0.15, 0.2) is 0 Å². The van der Waals surface area contributed by atoms with Crippen molar-refractivity contribution in [1.29, 1.82) is 0 Å². The molecule has 1 atom stereocenters. The van der Waals surface area contributed by atoms with Crippen LogP contribution in [-0.2, 0) is 22.6 Å². The van der Waals surface area contributed by atoms with E-state index in [1.165, 1.54) is 0 Å². The number of amides is 2. The van der Waals surface area contributed by atoms with Crippen LogP contribution in [0.1, 0.15) is 36.1 Å². The fraction of sp³-hybridized carbons (Fsp3) is 0.364. The summed E-state index contributed by atoms with van der Waals surface area (Å²) in [7, 11) is 0. The van der Waals surface area contributed by atoms with E-state index >= 15 is 0 Å². The van der Waals surface area contributed by atoms with Gasteiger partial charge >= 0.3 is 0 Å². The third kappa shape index (κ3) is 5.73. The van der Waals surface area contributed by atoms with Gasteiger partial charge in [-0.15, -0.1) is 0 Å². The minimum Gasteiger partial charge on any atom is -0.355 e. The normalized spacial score (nSPS) is 11.8. The summed E-state index contributed by atoms with van der Waals surface area (Å²) in [5.74, 6) is -0.296. The van der Waals surface area contributed by atoms with Gasteiger partial charge in [-0.25, -0.2) is 0 Å². The highest BCUT2D eigenvalue weighted by molar-refractivity contribution is 6.42. The van der Waals surface area contributed by atoms with E-state index in [-0.39, 0.29) is 24.8 Å². The van der Waals surface area contributed by atoms with Crippen molar-refractivity contribution in [3.8, 4) is 0 Å². The Kier molecular flexibility index (Phi) is 7.90. The number of nitrogens with one attached hydrogen (secondary N) is 1. The van der Waals surface area contributed by atoms with Gasteiger partial charge in [-0.3, -0.25) is 9.59 Å². The second-order valence-corrected chi connectivity index (χ2v) is 7.76. The Morgan fingerprint density at radius 2 is 1.79 bits per heavy atom. The van der Waals surface area contributed by atoms with E-state index in [0.29, 0.717) is 16.6 Å². The van der Waals surface area contributed by atoms with Crippen LogP contribution in [0.5, 0.6) is 0 Å². The summed E-state index contributed by atoms with van der Waals surface area (Å²) >= 11 is 12.1. The second-order valence-electron chi connectivity index (χ2n) is 6.95. The van der Waals surface area contributed by atoms with E-state index in [9.17, 15) is 9.59 Å². The summed E-state index contributed by atoms with van der Waals surface area (Å²) in [6.45, 7) is 8.36. The number of carbonyl (C=O) groups is 2. The van der Waals surface area contributed by atoms with Gasteiger partial charge in [-0.05, 0) is 56.5 Å². The van der Waals surface area contributed by atoms with Crippen molar-refractivity contribution in [2.45, 2.75) is 46.7 Å². The lowest BCUT2D eigenvalue weighted by molar-refractivity contribution is -0.140. The van der Waals surface area contributed by atoms with Crippen LogP contribution in [0.2, 0.25) is 10.0 Å². The molecule has 0 aliphatic heterocycles. The van der Waals surface area contributed by atoms with Crippen LogP contribution in [0.15, 0.2) is 36.4 Å². The third-order valence-electron chi connectivity index (χ3n) is 4.70. The molecule has 0 fully saturated rings. The van der Waals surface area contributed by atoms with Gasteiger partial charge in [0.1, 0.15) is 6.04 Å². The van der Waals surface area contributed by atoms with E-state index in [2.05, 4.69) is 5.32 Å². The lowest BCUT2D eigenvalue weighted by Gasteiger charge is -2.29. The fourth-order valence-corrected chi connectivity index (χ4v) is 3.32. The highest BCUT2D eigenvalue weighted by Gasteiger charge is 2.26. The number of halogens is 2. The van der Waals surface area contributed by atoms with Crippen molar-refractivity contribution in [1.82, 2.24) is 10.2 Å². The van der Waals surface area contributed by atoms with Crippen molar-refractivity contribution in [2.75, 3.05) is 6.54 Å². The maximum absolute atomic E-state index is 13.2. The molecule has 0 aromatic heterocycles. The third-order valence-corrected chi connectivity index (χ3v) is 5.44. The topological polar surface area (TPSA) is 49.4 Å². The summed E-state index contributed by atoms with van der Waals surface area (Å²) in [6.07, 6.45) is 0.235. The number of nitrogens with zero attached hydrogens (tertiary/aromatic N) is 1. The molecule has 0 bridgehead atoms. The predicted molar refractivity (Wildman–Crippen MR) is 115 cm³/mol. The number of benzene rings is 2. The lowest BCUT2D eigenvalue weighted by Crippen LogP contribution is -2.48. The molecule has 0 radical (unpaired) electrons. The zero-order chi connectivity index (χ0) is 20.8. The largest absolute Gasteiger partial charge is 0.355 e. The Hall–Kier alpha value is -2.04. The summed E-state index contributed by atoms with van der Waals surface area (Å²) in [5, 5.41) is 3.67. The first kappa shape index (κ1) is 22.3. The molecule has 2 aromatic rings. The first-order chi connectivity index (χ1) is 13.2. The molecule has 2 rings (SSSR count). The Morgan fingerprint density at radius 1 is 1.07 bits per heavy atom. The standard InChI is InChI=1S/C22H26Cl2N2O2/c1-5-25-22(28)16(4)26(13-17-8-9-19(23)20(24)11-17)21(27)12-18-10-14(2)6-7-15(18)3/h6-11,16H,5,12-13H2,1-4H3,(H,25,28)/t16-/m0/s1. The van der Waals surface area contributed by atoms with Gasteiger partial charge in [0.05, 0.1) is 16.5 Å². The number of rotatable bonds is 7. The Bertz CT molecular complexity index is 868. The van der Waals surface area contributed by atoms with Crippen LogP contribution in [0.3, 0.4) is 0 Å². The maximum atomic E-state index is 13.2. The number of likely N-dealkylation sites (N-methyl/N-ethyl adjacent to an activating group) is 1. The van der Waals surface area contributed by atoms with Gasteiger partial charge in [0.25, 0.3) is 0 Å². The first-order valence-corrected chi connectivity index (χ1v) is 10.1. The van der Waals surface area contributed by atoms with Gasteiger partial charge in [0, 0.05) is 13.1 Å². The van der Waals surface area contributed by atoms with Crippen LogP contribution < -0.4 is 5.32 Å². The molecule has 28 heavy (non-hydrogen) atoms. The minimum atomic E-state index is -0.605. The highest BCUT2D eigenvalue weighted by Crippen LogP contribution is 2.24. The van der Waals surface area contributed by atoms with Crippen molar-refractivity contribution in [2.24, 2.45) is 0 Å². The van der Waals surface area contributed by atoms with E-state index in [0.717, 1.165) is 22.3 Å². The van der Waals surface area contributed by atoms with Gasteiger partial charge in [0.2, 0.25) is 11.8 Å². The Labute approximate surface area is 176 Å². The lowest BCUT2D eigenvalue weighted by atomic mass is 10.0. The molecule has 0 unspecified atom stereocenters. The summed E-state index contributed by atoms with van der Waals surface area (Å²) in [6, 6.07) is 10.7. The summed E-state index contributed by atoms with van der Waals surface area (Å²) in [5.41, 5.74) is 3.94. The SMILES string of the molecule is CCNC(=O)[C@H](C)N(Cc1ccc(Cl)c(Cl)c1)C(=O)Cc1cc(C)ccc1C. The quantitative estimate of drug-likeness (QED) is 0.704. The molecule has 150 valence electrons. The first-order valence-electron chi connectivity index (χ1n) is 9.30. The molecular weight excluding hydrogens is 395 g/mol. The molecule has 0 saturated heterocycles. The Morgan fingerprint density at radius 3 is 2.43 bits per heavy atom. The number of aryl methyl sites for hydroxylation is 2. The van der Waals surface area contributed by atoms with Crippen molar-refractivity contribution >= 4 is 35.0 Å². The molecule has 0 aliphatic carbocycles. The van der Waals surface area contributed by atoms with Crippen LogP contribution in [-0.4, -0.2) is 29.3 Å². The summed E-state index contributed by atoms with van der Waals surface area (Å²) < 4.78 is 0. The molecule has 0 saturated carbocycles. The van der Waals surface area contributed by atoms with E-state index in [4.69, 9.17) is 23.2 Å². The molecule has 1 N–H and O–H groups in total. The molecular formula is C22H26Cl2N2O2. The van der Waals surface area contributed by atoms with E-state index in [1.54, 1.807) is 24.0 Å². The smallest absolute Gasteiger partial charge is 0.242 e. The molecule has 2 amide bonds. The van der Waals surface area contributed by atoms with Crippen molar-refractivity contribution in [3.05, 3.63) is 68.7 Å². The molecule has 6 heteroatoms. The number of hydrogen-bond acceptors (Lipinski definition) is 2. The molecule has 0 spiro atoms. The van der Waals surface area contributed by atoms with Gasteiger partial charge < -0.3 is 10.2 Å². The molecule has 4 nitrogen and oxygen atoms in total. The number of carbonyl (C=O) groups excluding carboxylic acids is 2. The monoisotopic (exact) mass is 420 g/mol. The minimum absolute atomic E-state index is 0.112. The summed E-state index contributed by atoms with van der Waals surface area (Å²) in [4.78, 5) is 27.2. The average Bonchev–Trinajstić information content (AvgIpc) is 2.65. The fourth-order valence-electron chi connectivity index (χ4n) is 2.99. The average molecular weight is 421 g/mol. The predicted octanol–water partition coefficient (Wildman–Crippen LogP) is 4.71. The number of hydrogen-bond donors (Lipinski definition) is 1. The second kappa shape index (κ2) is 9.94. The molecule has 0 heterocycles. The zero-order valence-corrected chi connectivity index (χ0v) is 18.2. The molecule has 0 aliphatic rings. The van der Waals surface area contributed by atoms with Crippen molar-refractivity contribution < 1.29 is 9.59 Å². The zero-order valence-electron chi connectivity index (χ0n) is 16.7. The van der Waals surface area contributed by atoms with Crippen LogP contribution in [0, 0.1) is 13.8 Å². The van der Waals surface area contributed by atoms with Crippen LogP contribution in [0.4, 0.5) is 0 Å². The Balaban J connectivity index is 2.30. The van der Waals surface area contributed by atoms with Gasteiger partial charge in [-0.2, -0.15) is 0 Å². The highest BCUT2D eigenvalue weighted by atomic mass is 35.5.